The van der Waals surface area contributed by atoms with E-state index in [9.17, 15) is 4.79 Å². The molecule has 1 aromatic rings. The molecule has 0 spiro atoms. The molecule has 0 bridgehead atoms. The molecule has 148 valence electrons. The number of aliphatic imine (C=N–C) groups is 1. The standard InChI is InChI=1S/C18H31N5O2.HI/c1-13(2)15-10-14(25-22-15)11-20-17(19-3)21-12-18(8-6-7-9-18)16(24)23(4)5;/h10,13H,6-9,11-12H2,1-5H3,(H2,19,20,21);1H. The van der Waals surface area contributed by atoms with Crippen molar-refractivity contribution in [3.05, 3.63) is 17.5 Å². The van der Waals surface area contributed by atoms with Gasteiger partial charge < -0.3 is 20.1 Å². The van der Waals surface area contributed by atoms with E-state index in [0.717, 1.165) is 37.1 Å². The van der Waals surface area contributed by atoms with Gasteiger partial charge in [-0.15, -0.1) is 24.0 Å². The summed E-state index contributed by atoms with van der Waals surface area (Å²) in [5.41, 5.74) is 0.624. The van der Waals surface area contributed by atoms with Crippen molar-refractivity contribution in [3.8, 4) is 0 Å². The first-order chi connectivity index (χ1) is 11.9. The van der Waals surface area contributed by atoms with E-state index in [4.69, 9.17) is 4.52 Å². The lowest BCUT2D eigenvalue weighted by Gasteiger charge is -2.31. The molecule has 1 heterocycles. The number of nitrogens with one attached hydrogen (secondary N) is 2. The minimum absolute atomic E-state index is 0. The van der Waals surface area contributed by atoms with E-state index >= 15 is 0 Å². The molecular formula is C18H32IN5O2. The van der Waals surface area contributed by atoms with Gasteiger partial charge in [0.2, 0.25) is 5.91 Å². The van der Waals surface area contributed by atoms with Crippen molar-refractivity contribution in [2.75, 3.05) is 27.7 Å². The highest BCUT2D eigenvalue weighted by Crippen LogP contribution is 2.38. The first-order valence-electron chi connectivity index (χ1n) is 9.00. The Kier molecular flexibility index (Phi) is 8.85. The molecule has 0 aliphatic heterocycles. The average molecular weight is 477 g/mol. The van der Waals surface area contributed by atoms with Crippen LogP contribution in [0.3, 0.4) is 0 Å². The summed E-state index contributed by atoms with van der Waals surface area (Å²) in [6, 6.07) is 1.96. The van der Waals surface area contributed by atoms with Crippen LogP contribution in [-0.4, -0.2) is 49.6 Å². The highest BCUT2D eigenvalue weighted by atomic mass is 127. The van der Waals surface area contributed by atoms with E-state index in [2.05, 4.69) is 34.6 Å². The predicted molar refractivity (Wildman–Crippen MR) is 114 cm³/mol. The van der Waals surface area contributed by atoms with Crippen LogP contribution >= 0.6 is 24.0 Å². The van der Waals surface area contributed by atoms with Gasteiger partial charge in [0.25, 0.3) is 0 Å². The third-order valence-electron chi connectivity index (χ3n) is 4.84. The Bertz CT molecular complexity index is 606. The van der Waals surface area contributed by atoms with Gasteiger partial charge in [-0.3, -0.25) is 9.79 Å². The summed E-state index contributed by atoms with van der Waals surface area (Å²) in [5, 5.41) is 10.6. The fourth-order valence-electron chi connectivity index (χ4n) is 3.32. The van der Waals surface area contributed by atoms with Crippen LogP contribution in [0.2, 0.25) is 0 Å². The molecule has 1 aliphatic rings. The zero-order valence-corrected chi connectivity index (χ0v) is 18.8. The number of carbonyl (C=O) groups excluding carboxylic acids is 1. The second-order valence-electron chi connectivity index (χ2n) is 7.34. The smallest absolute Gasteiger partial charge is 0.230 e. The molecule has 2 rings (SSSR count). The normalized spacial score (nSPS) is 16.3. The fraction of sp³-hybridized carbons (Fsp3) is 0.722. The molecule has 0 saturated heterocycles. The van der Waals surface area contributed by atoms with Crippen molar-refractivity contribution in [2.24, 2.45) is 10.4 Å². The minimum atomic E-state index is -0.321. The van der Waals surface area contributed by atoms with Gasteiger partial charge in [0.05, 0.1) is 17.7 Å². The summed E-state index contributed by atoms with van der Waals surface area (Å²) >= 11 is 0. The number of nitrogens with zero attached hydrogens (tertiary/aromatic N) is 3. The monoisotopic (exact) mass is 477 g/mol. The Labute approximate surface area is 173 Å². The predicted octanol–water partition coefficient (Wildman–Crippen LogP) is 2.73. The van der Waals surface area contributed by atoms with Gasteiger partial charge in [0.15, 0.2) is 11.7 Å². The number of amides is 1. The Balaban J connectivity index is 0.00000338. The summed E-state index contributed by atoms with van der Waals surface area (Å²) in [5.74, 6) is 1.98. The van der Waals surface area contributed by atoms with Gasteiger partial charge in [-0.25, -0.2) is 0 Å². The molecule has 0 radical (unpaired) electrons. The minimum Gasteiger partial charge on any atom is -0.359 e. The second-order valence-corrected chi connectivity index (χ2v) is 7.34. The first-order valence-corrected chi connectivity index (χ1v) is 9.00. The van der Waals surface area contributed by atoms with Crippen molar-refractivity contribution in [2.45, 2.75) is 52.0 Å². The van der Waals surface area contributed by atoms with Crippen LogP contribution in [-0.2, 0) is 11.3 Å². The molecule has 1 aliphatic carbocycles. The molecule has 8 heteroatoms. The van der Waals surface area contributed by atoms with Crippen molar-refractivity contribution in [1.82, 2.24) is 20.7 Å². The molecular weight excluding hydrogens is 445 g/mol. The number of aromatic nitrogens is 1. The van der Waals surface area contributed by atoms with Crippen LogP contribution in [0.1, 0.15) is 56.9 Å². The number of halogens is 1. The van der Waals surface area contributed by atoms with Crippen molar-refractivity contribution < 1.29 is 9.32 Å². The van der Waals surface area contributed by atoms with Crippen molar-refractivity contribution >= 4 is 35.8 Å². The highest BCUT2D eigenvalue weighted by molar-refractivity contribution is 14.0. The van der Waals surface area contributed by atoms with Gasteiger partial charge in [-0.2, -0.15) is 0 Å². The molecule has 0 unspecified atom stereocenters. The van der Waals surface area contributed by atoms with Gasteiger partial charge >= 0.3 is 0 Å². The molecule has 1 fully saturated rings. The number of hydrogen-bond donors (Lipinski definition) is 2. The quantitative estimate of drug-likeness (QED) is 0.374. The summed E-state index contributed by atoms with van der Waals surface area (Å²) in [7, 11) is 5.38. The maximum atomic E-state index is 12.6. The van der Waals surface area contributed by atoms with Crippen LogP contribution in [0.15, 0.2) is 15.6 Å². The molecule has 1 saturated carbocycles. The van der Waals surface area contributed by atoms with Gasteiger partial charge in [0, 0.05) is 33.8 Å². The summed E-state index contributed by atoms with van der Waals surface area (Å²) in [6.45, 7) is 5.27. The second kappa shape index (κ2) is 10.1. The number of carbonyl (C=O) groups is 1. The van der Waals surface area contributed by atoms with E-state index in [1.165, 1.54) is 0 Å². The van der Waals surface area contributed by atoms with E-state index in [0.29, 0.717) is 25.0 Å². The summed E-state index contributed by atoms with van der Waals surface area (Å²) in [4.78, 5) is 18.6. The van der Waals surface area contributed by atoms with Crippen molar-refractivity contribution in [3.63, 3.8) is 0 Å². The number of rotatable bonds is 6. The lowest BCUT2D eigenvalue weighted by molar-refractivity contribution is -0.138. The first kappa shape index (κ1) is 22.7. The summed E-state index contributed by atoms with van der Waals surface area (Å²) < 4.78 is 5.33. The third-order valence-corrected chi connectivity index (χ3v) is 4.84. The maximum absolute atomic E-state index is 12.6. The number of hydrogen-bond acceptors (Lipinski definition) is 4. The van der Waals surface area contributed by atoms with E-state index in [1.54, 1.807) is 11.9 Å². The fourth-order valence-corrected chi connectivity index (χ4v) is 3.32. The van der Waals surface area contributed by atoms with Gasteiger partial charge in [-0.1, -0.05) is 31.8 Å². The van der Waals surface area contributed by atoms with E-state index in [1.807, 2.05) is 20.2 Å². The maximum Gasteiger partial charge on any atom is 0.230 e. The largest absolute Gasteiger partial charge is 0.359 e. The van der Waals surface area contributed by atoms with E-state index < -0.39 is 0 Å². The molecule has 26 heavy (non-hydrogen) atoms. The highest BCUT2D eigenvalue weighted by Gasteiger charge is 2.42. The SMILES string of the molecule is CN=C(NCc1cc(C(C)C)no1)NCC1(C(=O)N(C)C)CCCC1.I. The van der Waals surface area contributed by atoms with Crippen LogP contribution in [0.4, 0.5) is 0 Å². The third kappa shape index (κ3) is 5.59. The Hall–Kier alpha value is -1.32. The Morgan fingerprint density at radius 1 is 1.35 bits per heavy atom. The molecule has 2 N–H and O–H groups in total. The van der Waals surface area contributed by atoms with E-state index in [-0.39, 0.29) is 35.3 Å². The molecule has 1 aromatic heterocycles. The van der Waals surface area contributed by atoms with Crippen LogP contribution < -0.4 is 10.6 Å². The zero-order chi connectivity index (χ0) is 18.4. The van der Waals surface area contributed by atoms with Crippen LogP contribution in [0.25, 0.3) is 0 Å². The average Bonchev–Trinajstić information content (AvgIpc) is 3.24. The van der Waals surface area contributed by atoms with Crippen molar-refractivity contribution in [1.29, 1.82) is 0 Å². The molecule has 7 nitrogen and oxygen atoms in total. The van der Waals surface area contributed by atoms with Crippen LogP contribution in [0, 0.1) is 5.41 Å². The lowest BCUT2D eigenvalue weighted by atomic mass is 9.84. The Morgan fingerprint density at radius 3 is 2.50 bits per heavy atom. The van der Waals surface area contributed by atoms with Gasteiger partial charge in [0.1, 0.15) is 0 Å². The number of guanidine groups is 1. The Morgan fingerprint density at radius 2 is 2.00 bits per heavy atom. The zero-order valence-electron chi connectivity index (χ0n) is 16.5. The summed E-state index contributed by atoms with van der Waals surface area (Å²) in [6.07, 6.45) is 4.05. The molecule has 0 aromatic carbocycles. The molecule has 0 atom stereocenters. The van der Waals surface area contributed by atoms with Crippen LogP contribution in [0.5, 0.6) is 0 Å². The topological polar surface area (TPSA) is 82.8 Å². The lowest BCUT2D eigenvalue weighted by Crippen LogP contribution is -2.49. The van der Waals surface area contributed by atoms with Gasteiger partial charge in [-0.05, 0) is 18.8 Å². The molecule has 1 amide bonds.